The van der Waals surface area contributed by atoms with Gasteiger partial charge in [0, 0.05) is 5.19 Å². The second-order valence-corrected chi connectivity index (χ2v) is 14.7. The summed E-state index contributed by atoms with van der Waals surface area (Å²) in [6.07, 6.45) is 0. The van der Waals surface area contributed by atoms with Gasteiger partial charge in [-0.15, -0.1) is 0 Å². The lowest BCUT2D eigenvalue weighted by molar-refractivity contribution is 0.412. The van der Waals surface area contributed by atoms with E-state index in [0.29, 0.717) is 0 Å². The van der Waals surface area contributed by atoms with Crippen molar-refractivity contribution >= 4 is 74.9 Å². The van der Waals surface area contributed by atoms with Crippen LogP contribution in [-0.4, -0.2) is 37.4 Å². The molecule has 0 aliphatic rings. The fraction of sp³-hybridized carbons (Fsp3) is 0.182. The fourth-order valence-electron chi connectivity index (χ4n) is 3.43. The molecule has 3 nitrogen and oxygen atoms in total. The van der Waals surface area contributed by atoms with Gasteiger partial charge in [0.05, 0.1) is 0 Å². The Morgan fingerprint density at radius 1 is 0.655 bits per heavy atom. The van der Waals surface area contributed by atoms with E-state index in [1.165, 1.54) is 37.5 Å². The molecule has 7 heteroatoms. The van der Waals surface area contributed by atoms with Gasteiger partial charge in [-0.3, -0.25) is 0 Å². The quantitative estimate of drug-likeness (QED) is 0.228. The van der Waals surface area contributed by atoms with Crippen molar-refractivity contribution < 1.29 is 12.3 Å². The maximum Gasteiger partial charge on any atom is 0.411 e. The largest absolute Gasteiger partial charge is 0.435 e. The van der Waals surface area contributed by atoms with Crippen LogP contribution in [0.4, 0.5) is 0 Å². The van der Waals surface area contributed by atoms with E-state index in [4.69, 9.17) is 12.3 Å². The van der Waals surface area contributed by atoms with Crippen LogP contribution in [0.25, 0.3) is 32.3 Å². The van der Waals surface area contributed by atoms with Crippen molar-refractivity contribution in [3.63, 3.8) is 0 Å². The summed E-state index contributed by atoms with van der Waals surface area (Å²) in [6, 6.07) is 24.0. The molecule has 0 atom stereocenters. The second-order valence-electron chi connectivity index (χ2n) is 7.38. The Hall–Kier alpha value is -1.59. The van der Waals surface area contributed by atoms with E-state index in [2.05, 4.69) is 92.9 Å². The lowest BCUT2D eigenvalue weighted by atomic mass is 9.98. The number of fused-ring (bicyclic) bond motifs is 4. The van der Waals surface area contributed by atoms with E-state index < -0.39 is 27.4 Å². The van der Waals surface area contributed by atoms with Crippen LogP contribution in [0.2, 0.25) is 26.2 Å². The molecule has 4 aromatic rings. The van der Waals surface area contributed by atoms with Crippen molar-refractivity contribution in [3.8, 4) is 0 Å². The first-order chi connectivity index (χ1) is 14.0. The second kappa shape index (κ2) is 9.05. The van der Waals surface area contributed by atoms with Gasteiger partial charge in [0.1, 0.15) is 0 Å². The molecule has 0 saturated heterocycles. The summed E-state index contributed by atoms with van der Waals surface area (Å²) in [7, 11) is -3.30. The molecular weight excluding hydrogens is 425 g/mol. The third kappa shape index (κ3) is 4.61. The number of benzene rings is 4. The molecule has 0 bridgehead atoms. The summed E-state index contributed by atoms with van der Waals surface area (Å²) in [4.78, 5) is 0. The van der Waals surface area contributed by atoms with Crippen LogP contribution in [0, 0.1) is 0 Å². The normalized spacial score (nSPS) is 12.2. The molecule has 0 unspecified atom stereocenters. The Labute approximate surface area is 180 Å². The zero-order valence-electron chi connectivity index (χ0n) is 17.1. The van der Waals surface area contributed by atoms with Crippen LogP contribution in [-0.2, 0) is 12.3 Å². The molecular formula is C22H23O3Si4. The lowest BCUT2D eigenvalue weighted by Crippen LogP contribution is -2.42. The molecule has 0 aliphatic heterocycles. The molecule has 145 valence electrons. The van der Waals surface area contributed by atoms with Crippen LogP contribution >= 0.6 is 0 Å². The van der Waals surface area contributed by atoms with Crippen molar-refractivity contribution in [2.75, 3.05) is 0 Å². The first-order valence-electron chi connectivity index (χ1n) is 9.61. The predicted octanol–water partition coefficient (Wildman–Crippen LogP) is 4.93. The van der Waals surface area contributed by atoms with Crippen LogP contribution in [0.15, 0.2) is 66.7 Å². The number of rotatable bonds is 7. The van der Waals surface area contributed by atoms with Gasteiger partial charge in [0.25, 0.3) is 0 Å². The summed E-state index contributed by atoms with van der Waals surface area (Å²) in [5.41, 5.74) is 0. The van der Waals surface area contributed by atoms with Gasteiger partial charge in [-0.1, -0.05) is 54.6 Å². The first-order valence-corrected chi connectivity index (χ1v) is 16.6. The van der Waals surface area contributed by atoms with Gasteiger partial charge in [-0.05, 0) is 70.6 Å². The minimum atomic E-state index is -1.64. The van der Waals surface area contributed by atoms with Crippen molar-refractivity contribution in [3.05, 3.63) is 66.7 Å². The molecule has 0 fully saturated rings. The Bertz CT molecular complexity index is 1150. The molecule has 0 saturated carbocycles. The average Bonchev–Trinajstić information content (AvgIpc) is 2.70. The maximum atomic E-state index is 6.38. The highest BCUT2D eigenvalue weighted by molar-refractivity contribution is 6.75. The van der Waals surface area contributed by atoms with Gasteiger partial charge < -0.3 is 12.3 Å². The molecule has 4 rings (SSSR count). The Morgan fingerprint density at radius 3 is 2.07 bits per heavy atom. The minimum absolute atomic E-state index is 0.0324. The SMILES string of the molecule is C[Si](C)O[Si]O[Si](O[Si](C)C)c1cccc2ccc3cc4ccccc4cc3c12. The Morgan fingerprint density at radius 2 is 1.34 bits per heavy atom. The highest BCUT2D eigenvalue weighted by atomic mass is 28.4. The van der Waals surface area contributed by atoms with E-state index in [0.717, 1.165) is 0 Å². The standard InChI is InChI=1S/C22H23O3Si4/c1-27(2)23-26-24-29(25-28(3)4)21-11-7-10-16-12-13-19-14-17-8-5-6-9-18(17)15-20(19)22(16)21/h5-15H,1-4H3. The van der Waals surface area contributed by atoms with Crippen LogP contribution in [0.1, 0.15) is 0 Å². The number of hydrogen-bond acceptors (Lipinski definition) is 3. The summed E-state index contributed by atoms with van der Waals surface area (Å²) < 4.78 is 18.4. The van der Waals surface area contributed by atoms with Crippen molar-refractivity contribution in [2.45, 2.75) is 26.2 Å². The van der Waals surface area contributed by atoms with Gasteiger partial charge in [0.2, 0.25) is 0 Å². The molecule has 0 spiro atoms. The summed E-state index contributed by atoms with van der Waals surface area (Å²) in [5.74, 6) is 0. The van der Waals surface area contributed by atoms with Gasteiger partial charge >= 0.3 is 19.3 Å². The van der Waals surface area contributed by atoms with E-state index in [-0.39, 0.29) is 10.0 Å². The monoisotopic (exact) mass is 447 g/mol. The van der Waals surface area contributed by atoms with Gasteiger partial charge in [-0.2, -0.15) is 0 Å². The summed E-state index contributed by atoms with van der Waals surface area (Å²) >= 11 is 0. The topological polar surface area (TPSA) is 27.7 Å². The average molecular weight is 448 g/mol. The van der Waals surface area contributed by atoms with Crippen molar-refractivity contribution in [2.24, 2.45) is 0 Å². The number of hydrogen-bond donors (Lipinski definition) is 0. The first kappa shape index (κ1) is 20.7. The highest BCUT2D eigenvalue weighted by Gasteiger charge is 2.25. The van der Waals surface area contributed by atoms with E-state index in [9.17, 15) is 0 Å². The minimum Gasteiger partial charge on any atom is -0.435 e. The zero-order chi connectivity index (χ0) is 20.4. The van der Waals surface area contributed by atoms with Crippen molar-refractivity contribution in [1.82, 2.24) is 0 Å². The molecule has 0 aromatic heterocycles. The molecule has 4 aromatic carbocycles. The molecule has 5 radical (unpaired) electrons. The van der Waals surface area contributed by atoms with Crippen LogP contribution in [0.5, 0.6) is 0 Å². The van der Waals surface area contributed by atoms with E-state index >= 15 is 0 Å². The fourth-order valence-corrected chi connectivity index (χ4v) is 8.56. The third-order valence-corrected chi connectivity index (χ3v) is 10.9. The van der Waals surface area contributed by atoms with Crippen LogP contribution < -0.4 is 5.19 Å². The summed E-state index contributed by atoms with van der Waals surface area (Å²) in [6.45, 7) is 8.57. The molecule has 0 N–H and O–H groups in total. The van der Waals surface area contributed by atoms with E-state index in [1.807, 2.05) is 0 Å². The summed E-state index contributed by atoms with van der Waals surface area (Å²) in [5, 5.41) is 8.66. The molecule has 0 heterocycles. The van der Waals surface area contributed by atoms with Crippen LogP contribution in [0.3, 0.4) is 0 Å². The predicted molar refractivity (Wildman–Crippen MR) is 128 cm³/mol. The Kier molecular flexibility index (Phi) is 6.45. The maximum absolute atomic E-state index is 6.38. The van der Waals surface area contributed by atoms with E-state index in [1.54, 1.807) is 0 Å². The lowest BCUT2D eigenvalue weighted by Gasteiger charge is -2.20. The van der Waals surface area contributed by atoms with Gasteiger partial charge in [-0.25, -0.2) is 0 Å². The van der Waals surface area contributed by atoms with Gasteiger partial charge in [0.15, 0.2) is 18.1 Å². The smallest absolute Gasteiger partial charge is 0.411 e. The molecule has 29 heavy (non-hydrogen) atoms. The zero-order valence-corrected chi connectivity index (χ0v) is 21.1. The molecule has 0 amide bonds. The molecule has 0 aliphatic carbocycles. The van der Waals surface area contributed by atoms with Crippen molar-refractivity contribution in [1.29, 1.82) is 0 Å². The highest BCUT2D eigenvalue weighted by Crippen LogP contribution is 2.29. The third-order valence-electron chi connectivity index (χ3n) is 4.62. The Balaban J connectivity index is 1.89.